The number of amides is 1. The van der Waals surface area contributed by atoms with Gasteiger partial charge in [-0.1, -0.05) is 36.4 Å². The quantitative estimate of drug-likeness (QED) is 0.729. The molecule has 0 saturated carbocycles. The summed E-state index contributed by atoms with van der Waals surface area (Å²) in [5, 5.41) is 1.09. The first-order valence-electron chi connectivity index (χ1n) is 7.66. The smallest absolute Gasteiger partial charge is 0.270 e. The second-order valence-corrected chi connectivity index (χ2v) is 6.02. The van der Waals surface area contributed by atoms with Crippen LogP contribution in [-0.4, -0.2) is 22.3 Å². The van der Waals surface area contributed by atoms with E-state index in [2.05, 4.69) is 48.3 Å². The number of aromatic amines is 1. The molecule has 0 saturated heterocycles. The van der Waals surface area contributed by atoms with Crippen LogP contribution in [0.25, 0.3) is 10.9 Å². The van der Waals surface area contributed by atoms with Crippen molar-refractivity contribution in [1.29, 1.82) is 0 Å². The van der Waals surface area contributed by atoms with E-state index in [0.29, 0.717) is 12.2 Å². The number of nitrogens with one attached hydrogen (secondary N) is 1. The van der Waals surface area contributed by atoms with E-state index in [0.717, 1.165) is 23.9 Å². The number of aromatic nitrogens is 1. The molecule has 1 aliphatic rings. The van der Waals surface area contributed by atoms with Crippen molar-refractivity contribution in [3.8, 4) is 0 Å². The first-order valence-corrected chi connectivity index (χ1v) is 7.66. The van der Waals surface area contributed by atoms with E-state index < -0.39 is 0 Å². The van der Waals surface area contributed by atoms with E-state index in [1.54, 1.807) is 0 Å². The molecule has 0 atom stereocenters. The Labute approximate surface area is 129 Å². The first-order chi connectivity index (χ1) is 10.7. The number of benzene rings is 2. The van der Waals surface area contributed by atoms with Gasteiger partial charge in [-0.05, 0) is 42.2 Å². The standard InChI is InChI=1S/C19H18N2O/c1-13-6-7-15-11-18(20-17(15)10-13)19(22)21-9-8-14-4-2-3-5-16(14)12-21/h2-7,10-11,20H,8-9,12H2,1H3. The normalized spacial score (nSPS) is 14.1. The number of carbonyl (C=O) groups is 1. The maximum Gasteiger partial charge on any atom is 0.270 e. The van der Waals surface area contributed by atoms with Crippen LogP contribution in [0.4, 0.5) is 0 Å². The molecule has 2 aromatic carbocycles. The molecule has 0 bridgehead atoms. The number of H-pyrrole nitrogens is 1. The van der Waals surface area contributed by atoms with Gasteiger partial charge in [0.25, 0.3) is 5.91 Å². The number of nitrogens with zero attached hydrogens (tertiary/aromatic N) is 1. The molecule has 0 fully saturated rings. The minimum Gasteiger partial charge on any atom is -0.351 e. The van der Waals surface area contributed by atoms with Crippen molar-refractivity contribution >= 4 is 16.8 Å². The fraction of sp³-hybridized carbons (Fsp3) is 0.211. The van der Waals surface area contributed by atoms with Crippen molar-refractivity contribution in [1.82, 2.24) is 9.88 Å². The summed E-state index contributed by atoms with van der Waals surface area (Å²) in [4.78, 5) is 18.0. The molecule has 2 heterocycles. The highest BCUT2D eigenvalue weighted by Gasteiger charge is 2.22. The second-order valence-electron chi connectivity index (χ2n) is 6.02. The van der Waals surface area contributed by atoms with Crippen molar-refractivity contribution in [2.45, 2.75) is 19.9 Å². The van der Waals surface area contributed by atoms with E-state index in [4.69, 9.17) is 0 Å². The molecule has 3 nitrogen and oxygen atoms in total. The number of aryl methyl sites for hydroxylation is 1. The van der Waals surface area contributed by atoms with Gasteiger partial charge in [0.15, 0.2) is 0 Å². The zero-order chi connectivity index (χ0) is 15.1. The minimum atomic E-state index is 0.0864. The molecular weight excluding hydrogens is 272 g/mol. The minimum absolute atomic E-state index is 0.0864. The van der Waals surface area contributed by atoms with Crippen LogP contribution in [-0.2, 0) is 13.0 Å². The molecule has 1 amide bonds. The summed E-state index contributed by atoms with van der Waals surface area (Å²) < 4.78 is 0. The van der Waals surface area contributed by atoms with E-state index in [1.165, 1.54) is 16.7 Å². The van der Waals surface area contributed by atoms with E-state index in [1.807, 2.05) is 17.0 Å². The Hall–Kier alpha value is -2.55. The summed E-state index contributed by atoms with van der Waals surface area (Å²) >= 11 is 0. The van der Waals surface area contributed by atoms with E-state index >= 15 is 0 Å². The van der Waals surface area contributed by atoms with Crippen LogP contribution in [0.1, 0.15) is 27.2 Å². The highest BCUT2D eigenvalue weighted by molar-refractivity contribution is 5.98. The topological polar surface area (TPSA) is 36.1 Å². The maximum absolute atomic E-state index is 12.8. The first kappa shape index (κ1) is 13.1. The summed E-state index contributed by atoms with van der Waals surface area (Å²) in [5.41, 5.74) is 5.52. The monoisotopic (exact) mass is 290 g/mol. The van der Waals surface area contributed by atoms with Crippen molar-refractivity contribution in [2.75, 3.05) is 6.54 Å². The van der Waals surface area contributed by atoms with Gasteiger partial charge in [-0.25, -0.2) is 0 Å². The zero-order valence-electron chi connectivity index (χ0n) is 12.6. The lowest BCUT2D eigenvalue weighted by molar-refractivity contribution is 0.0729. The SMILES string of the molecule is Cc1ccc2cc(C(=O)N3CCc4ccccc4C3)[nH]c2c1. The number of rotatable bonds is 1. The number of fused-ring (bicyclic) bond motifs is 2. The van der Waals surface area contributed by atoms with E-state index in [-0.39, 0.29) is 5.91 Å². The molecule has 1 aromatic heterocycles. The summed E-state index contributed by atoms with van der Waals surface area (Å²) in [6.07, 6.45) is 0.932. The lowest BCUT2D eigenvalue weighted by Gasteiger charge is -2.28. The Kier molecular flexibility index (Phi) is 3.00. The molecule has 22 heavy (non-hydrogen) atoms. The molecule has 3 heteroatoms. The predicted molar refractivity (Wildman–Crippen MR) is 87.9 cm³/mol. The Balaban J connectivity index is 1.64. The van der Waals surface area contributed by atoms with Gasteiger partial charge in [-0.2, -0.15) is 0 Å². The summed E-state index contributed by atoms with van der Waals surface area (Å²) in [5.74, 6) is 0.0864. The van der Waals surface area contributed by atoms with Crippen molar-refractivity contribution in [3.05, 3.63) is 70.9 Å². The summed E-state index contributed by atoms with van der Waals surface area (Å²) in [7, 11) is 0. The number of carbonyl (C=O) groups excluding carboxylic acids is 1. The zero-order valence-corrected chi connectivity index (χ0v) is 12.6. The van der Waals surface area contributed by atoms with Gasteiger partial charge >= 0.3 is 0 Å². The molecule has 110 valence electrons. The van der Waals surface area contributed by atoms with Crippen LogP contribution in [0.2, 0.25) is 0 Å². The predicted octanol–water partition coefficient (Wildman–Crippen LogP) is 3.67. The average molecular weight is 290 g/mol. The van der Waals surface area contributed by atoms with Crippen molar-refractivity contribution in [2.24, 2.45) is 0 Å². The van der Waals surface area contributed by atoms with Crippen molar-refractivity contribution < 1.29 is 4.79 Å². The van der Waals surface area contributed by atoms with Crippen LogP contribution in [0.5, 0.6) is 0 Å². The van der Waals surface area contributed by atoms with Gasteiger partial charge in [-0.3, -0.25) is 4.79 Å². The third-order valence-electron chi connectivity index (χ3n) is 4.43. The maximum atomic E-state index is 12.8. The van der Waals surface area contributed by atoms with Crippen LogP contribution >= 0.6 is 0 Å². The third kappa shape index (κ3) is 2.19. The fourth-order valence-corrected chi connectivity index (χ4v) is 3.20. The largest absolute Gasteiger partial charge is 0.351 e. The van der Waals surface area contributed by atoms with E-state index in [9.17, 15) is 4.79 Å². The third-order valence-corrected chi connectivity index (χ3v) is 4.43. The Morgan fingerprint density at radius 3 is 2.77 bits per heavy atom. The Morgan fingerprint density at radius 1 is 1.09 bits per heavy atom. The number of hydrogen-bond donors (Lipinski definition) is 1. The summed E-state index contributed by atoms with van der Waals surface area (Å²) in [6.45, 7) is 3.54. The molecule has 3 aromatic rings. The van der Waals surface area contributed by atoms with Crippen molar-refractivity contribution in [3.63, 3.8) is 0 Å². The molecule has 0 aliphatic carbocycles. The van der Waals surface area contributed by atoms with Gasteiger partial charge in [0.2, 0.25) is 0 Å². The lowest BCUT2D eigenvalue weighted by Crippen LogP contribution is -2.36. The molecule has 4 rings (SSSR count). The van der Waals surface area contributed by atoms with Crippen LogP contribution in [0.3, 0.4) is 0 Å². The Bertz CT molecular complexity index is 863. The second kappa shape index (κ2) is 5.02. The van der Waals surface area contributed by atoms with Crippen LogP contribution in [0, 0.1) is 6.92 Å². The molecule has 0 unspecified atom stereocenters. The van der Waals surface area contributed by atoms with Gasteiger partial charge < -0.3 is 9.88 Å². The van der Waals surface area contributed by atoms with Gasteiger partial charge in [-0.15, -0.1) is 0 Å². The van der Waals surface area contributed by atoms with Gasteiger partial charge in [0.1, 0.15) is 5.69 Å². The number of hydrogen-bond acceptors (Lipinski definition) is 1. The molecule has 0 radical (unpaired) electrons. The highest BCUT2D eigenvalue weighted by atomic mass is 16.2. The summed E-state index contributed by atoms with van der Waals surface area (Å²) in [6, 6.07) is 16.5. The molecular formula is C19H18N2O. The molecule has 1 aliphatic heterocycles. The average Bonchev–Trinajstić information content (AvgIpc) is 2.96. The van der Waals surface area contributed by atoms with Crippen LogP contribution in [0.15, 0.2) is 48.5 Å². The lowest BCUT2D eigenvalue weighted by atomic mass is 10.00. The van der Waals surface area contributed by atoms with Gasteiger partial charge in [0, 0.05) is 24.0 Å². The molecule has 1 N–H and O–H groups in total. The Morgan fingerprint density at radius 2 is 1.91 bits per heavy atom. The highest BCUT2D eigenvalue weighted by Crippen LogP contribution is 2.22. The van der Waals surface area contributed by atoms with Gasteiger partial charge in [0.05, 0.1) is 0 Å². The molecule has 0 spiro atoms. The van der Waals surface area contributed by atoms with Crippen LogP contribution < -0.4 is 0 Å². The fourth-order valence-electron chi connectivity index (χ4n) is 3.20.